The highest BCUT2D eigenvalue weighted by atomic mass is 35.5. The molecule has 0 radical (unpaired) electrons. The zero-order valence-electron chi connectivity index (χ0n) is 16.2. The molecule has 1 amide bonds. The van der Waals surface area contributed by atoms with Crippen molar-refractivity contribution in [2.45, 2.75) is 26.3 Å². The molecule has 5 nitrogen and oxygen atoms in total. The van der Waals surface area contributed by atoms with Gasteiger partial charge in [-0.25, -0.2) is 0 Å². The van der Waals surface area contributed by atoms with Crippen molar-refractivity contribution in [1.29, 1.82) is 0 Å². The zero-order chi connectivity index (χ0) is 19.6. The van der Waals surface area contributed by atoms with Crippen molar-refractivity contribution in [1.82, 2.24) is 0 Å². The van der Waals surface area contributed by atoms with Crippen LogP contribution < -0.4 is 23.0 Å². The predicted octanol–water partition coefficient (Wildman–Crippen LogP) is -0.535. The van der Waals surface area contributed by atoms with Gasteiger partial charge < -0.3 is 28.1 Å². The van der Waals surface area contributed by atoms with Gasteiger partial charge >= 0.3 is 0 Å². The molecule has 28 heavy (non-hydrogen) atoms. The molecule has 1 atom stereocenters. The fourth-order valence-corrected chi connectivity index (χ4v) is 2.79. The summed E-state index contributed by atoms with van der Waals surface area (Å²) in [5.41, 5.74) is 3.12. The van der Waals surface area contributed by atoms with Gasteiger partial charge in [0.15, 0.2) is 5.78 Å². The third-order valence-corrected chi connectivity index (χ3v) is 4.12. The smallest absolute Gasteiger partial charge is 0.248 e. The van der Waals surface area contributed by atoms with Crippen LogP contribution >= 0.6 is 0 Å². The monoisotopic (exact) mass is 402 g/mol. The number of ketones is 1. The molecule has 0 aliphatic heterocycles. The van der Waals surface area contributed by atoms with Gasteiger partial charge in [0.2, 0.25) is 5.91 Å². The van der Waals surface area contributed by atoms with E-state index in [2.05, 4.69) is 5.32 Å². The number of carbonyl (C=O) groups excluding carboxylic acids is 2. The van der Waals surface area contributed by atoms with Crippen molar-refractivity contribution in [2.75, 3.05) is 18.5 Å². The van der Waals surface area contributed by atoms with Crippen molar-refractivity contribution >= 4 is 17.4 Å². The van der Waals surface area contributed by atoms with Crippen LogP contribution in [0.15, 0.2) is 66.2 Å². The molecular weight excluding hydrogens is 376 g/mol. The van der Waals surface area contributed by atoms with Crippen LogP contribution in [0.1, 0.15) is 42.2 Å². The van der Waals surface area contributed by atoms with Crippen molar-refractivity contribution < 1.29 is 32.4 Å². The zero-order valence-corrected chi connectivity index (χ0v) is 16.9. The first-order valence-electron chi connectivity index (χ1n) is 9.08. The number of anilines is 1. The third-order valence-electron chi connectivity index (χ3n) is 4.12. The van der Waals surface area contributed by atoms with Gasteiger partial charge in [-0.2, -0.15) is 0 Å². The van der Waals surface area contributed by atoms with E-state index in [9.17, 15) is 14.7 Å². The Morgan fingerprint density at radius 2 is 1.82 bits per heavy atom. The maximum atomic E-state index is 12.5. The van der Waals surface area contributed by atoms with Crippen LogP contribution in [0.25, 0.3) is 0 Å². The Kier molecular flexibility index (Phi) is 10.2. The summed E-state index contributed by atoms with van der Waals surface area (Å²) < 4.78 is 0. The first-order valence-corrected chi connectivity index (χ1v) is 9.08. The lowest BCUT2D eigenvalue weighted by atomic mass is 10.1. The number of Topliss-reactive ketones (excluding diaryl/α,β-unsaturated/α-hetero) is 1. The molecule has 0 saturated carbocycles. The average molecular weight is 403 g/mol. The number of rotatable bonds is 9. The summed E-state index contributed by atoms with van der Waals surface area (Å²) in [5.74, 6) is -0.198. The fraction of sp³-hybridized carbons (Fsp3) is 0.273. The molecule has 0 aliphatic rings. The summed E-state index contributed by atoms with van der Waals surface area (Å²) >= 11 is 0. The summed E-state index contributed by atoms with van der Waals surface area (Å²) in [6.07, 6.45) is 1.87. The van der Waals surface area contributed by atoms with E-state index in [1.165, 1.54) is 6.08 Å². The molecule has 2 rings (SSSR count). The number of halogens is 1. The average Bonchev–Trinajstić information content (AvgIpc) is 2.65. The summed E-state index contributed by atoms with van der Waals surface area (Å²) in [5, 5.41) is 14.3. The molecule has 2 aromatic carbocycles. The molecule has 0 aliphatic carbocycles. The minimum atomic E-state index is -0.207. The molecule has 0 bridgehead atoms. The molecule has 150 valence electrons. The predicted molar refractivity (Wildman–Crippen MR) is 107 cm³/mol. The van der Waals surface area contributed by atoms with Crippen LogP contribution in [0.3, 0.4) is 0 Å². The van der Waals surface area contributed by atoms with E-state index < -0.39 is 0 Å². The van der Waals surface area contributed by atoms with Crippen LogP contribution in [0, 0.1) is 0 Å². The highest BCUT2D eigenvalue weighted by molar-refractivity contribution is 6.01. The Morgan fingerprint density at radius 3 is 2.46 bits per heavy atom. The van der Waals surface area contributed by atoms with Gasteiger partial charge in [0, 0.05) is 22.9 Å². The molecule has 2 aromatic rings. The number of nitrogens with one attached hydrogen (secondary N) is 1. The normalized spacial score (nSPS) is 11.1. The number of carbonyl (C=O) groups is 2. The summed E-state index contributed by atoms with van der Waals surface area (Å²) in [6, 6.07) is 16.6. The Hall–Kier alpha value is -2.47. The molecule has 0 spiro atoms. The lowest BCUT2D eigenvalue weighted by Crippen LogP contribution is -3.00. The Balaban J connectivity index is 0.00000392. The number of aliphatic hydroxyl groups excluding tert-OH is 1. The SMILES string of the molecule is CC(C)=CC(=O)Nc1cccc(C(=O)CC[NH2+]C(CO)c2ccccc2)c1.[Cl-]. The first-order chi connectivity index (χ1) is 13.0. The molecule has 6 heteroatoms. The molecule has 0 heterocycles. The van der Waals surface area contributed by atoms with Gasteiger partial charge in [0.1, 0.15) is 6.04 Å². The molecular formula is C22H27ClN2O3. The van der Waals surface area contributed by atoms with Crippen molar-refractivity contribution in [3.63, 3.8) is 0 Å². The van der Waals surface area contributed by atoms with Gasteiger partial charge in [-0.3, -0.25) is 9.59 Å². The van der Waals surface area contributed by atoms with E-state index in [0.29, 0.717) is 24.2 Å². The van der Waals surface area contributed by atoms with E-state index >= 15 is 0 Å². The second-order valence-corrected chi connectivity index (χ2v) is 6.69. The standard InChI is InChI=1S/C22H26N2O3.ClH/c1-16(2)13-22(27)24-19-10-6-9-18(14-19)21(26)11-12-23-20(15-25)17-7-4-3-5-8-17;/h3-10,13-14,20,23,25H,11-12,15H2,1-2H3,(H,24,27);1H. The molecule has 0 aromatic heterocycles. The molecule has 0 saturated heterocycles. The first kappa shape index (κ1) is 23.6. The number of quaternary nitrogens is 1. The minimum absolute atomic E-state index is 0. The van der Waals surface area contributed by atoms with Gasteiger partial charge in [-0.15, -0.1) is 0 Å². The topological polar surface area (TPSA) is 83.0 Å². The molecule has 0 fully saturated rings. The third kappa shape index (κ3) is 7.64. The molecule has 4 N–H and O–H groups in total. The number of allylic oxidation sites excluding steroid dienone is 1. The van der Waals surface area contributed by atoms with E-state index in [0.717, 1.165) is 11.1 Å². The Bertz CT molecular complexity index is 802. The Labute approximate surface area is 172 Å². The highest BCUT2D eigenvalue weighted by Crippen LogP contribution is 2.13. The highest BCUT2D eigenvalue weighted by Gasteiger charge is 2.14. The second kappa shape index (κ2) is 12.1. The van der Waals surface area contributed by atoms with Gasteiger partial charge in [-0.1, -0.05) is 48.0 Å². The van der Waals surface area contributed by atoms with Crippen LogP contribution in [0.4, 0.5) is 5.69 Å². The van der Waals surface area contributed by atoms with Gasteiger partial charge in [-0.05, 0) is 26.0 Å². The molecule has 1 unspecified atom stereocenters. The van der Waals surface area contributed by atoms with Crippen LogP contribution in [0.2, 0.25) is 0 Å². The summed E-state index contributed by atoms with van der Waals surface area (Å²) in [4.78, 5) is 24.3. The van der Waals surface area contributed by atoms with E-state index in [1.807, 2.05) is 49.5 Å². The second-order valence-electron chi connectivity index (χ2n) is 6.69. The lowest BCUT2D eigenvalue weighted by Gasteiger charge is -2.13. The summed E-state index contributed by atoms with van der Waals surface area (Å²) in [6.45, 7) is 4.30. The van der Waals surface area contributed by atoms with E-state index in [-0.39, 0.29) is 36.7 Å². The number of hydrogen-bond acceptors (Lipinski definition) is 3. The minimum Gasteiger partial charge on any atom is -1.00 e. The number of aliphatic hydroxyl groups is 1. The van der Waals surface area contributed by atoms with Crippen LogP contribution in [-0.4, -0.2) is 29.9 Å². The summed E-state index contributed by atoms with van der Waals surface area (Å²) in [7, 11) is 0. The number of nitrogens with two attached hydrogens (primary N) is 1. The van der Waals surface area contributed by atoms with E-state index in [4.69, 9.17) is 0 Å². The maximum absolute atomic E-state index is 12.5. The maximum Gasteiger partial charge on any atom is 0.248 e. The van der Waals surface area contributed by atoms with Gasteiger partial charge in [0.05, 0.1) is 19.6 Å². The van der Waals surface area contributed by atoms with E-state index in [1.54, 1.807) is 24.3 Å². The number of amides is 1. The number of benzene rings is 2. The van der Waals surface area contributed by atoms with Crippen LogP contribution in [-0.2, 0) is 4.79 Å². The van der Waals surface area contributed by atoms with Crippen molar-refractivity contribution in [2.24, 2.45) is 0 Å². The van der Waals surface area contributed by atoms with Crippen molar-refractivity contribution in [3.8, 4) is 0 Å². The Morgan fingerprint density at radius 1 is 1.11 bits per heavy atom. The quantitative estimate of drug-likeness (QED) is 0.389. The van der Waals surface area contributed by atoms with Gasteiger partial charge in [0.25, 0.3) is 0 Å². The fourth-order valence-electron chi connectivity index (χ4n) is 2.79. The van der Waals surface area contributed by atoms with Crippen molar-refractivity contribution in [3.05, 3.63) is 77.4 Å². The van der Waals surface area contributed by atoms with Crippen LogP contribution in [0.5, 0.6) is 0 Å². The largest absolute Gasteiger partial charge is 1.00 e. The lowest BCUT2D eigenvalue weighted by molar-refractivity contribution is -0.696. The number of hydrogen-bond donors (Lipinski definition) is 3.